The van der Waals surface area contributed by atoms with Crippen molar-refractivity contribution in [3.8, 4) is 39.9 Å². The summed E-state index contributed by atoms with van der Waals surface area (Å²) >= 11 is 0. The van der Waals surface area contributed by atoms with Gasteiger partial charge in [0.05, 0.1) is 34.2 Å². The lowest BCUT2D eigenvalue weighted by Gasteiger charge is -2.24. The van der Waals surface area contributed by atoms with Gasteiger partial charge in [0.1, 0.15) is 12.4 Å². The molecule has 0 atom stereocenters. The lowest BCUT2D eigenvalue weighted by molar-refractivity contribution is 0.140. The highest BCUT2D eigenvalue weighted by atomic mass is 28.4. The third-order valence-corrected chi connectivity index (χ3v) is 10.3. The molecule has 47 heavy (non-hydrogen) atoms. The second-order valence-electron chi connectivity index (χ2n) is 10.6. The Balaban J connectivity index is 1.10. The molecule has 234 valence electrons. The number of benzene rings is 2. The molecule has 4 aromatic heterocycles. The standard InChI is InChI=1S/C38H34N4O4Si/c1-43-47(44-2,45-3)32-21-17-30(18-22-32)27-46-31-19-15-28(16-20-31)13-14-29-23-25-40-38(26-29)37-12-7-11-36(42-37)35-10-6-9-34(41-35)33-8-4-5-24-39-33/h4-26H,27H2,1-3H3/b14-13+. The van der Waals surface area contributed by atoms with Crippen molar-refractivity contribution < 1.29 is 18.0 Å². The van der Waals surface area contributed by atoms with Crippen LogP contribution in [0.25, 0.3) is 46.3 Å². The lowest BCUT2D eigenvalue weighted by Crippen LogP contribution is -2.54. The minimum atomic E-state index is -2.85. The number of hydrogen-bond acceptors (Lipinski definition) is 8. The molecule has 9 heteroatoms. The average Bonchev–Trinajstić information content (AvgIpc) is 3.15. The van der Waals surface area contributed by atoms with E-state index in [0.29, 0.717) is 6.61 Å². The number of rotatable bonds is 12. The molecule has 2 aromatic carbocycles. The van der Waals surface area contributed by atoms with E-state index < -0.39 is 8.80 Å². The zero-order valence-electron chi connectivity index (χ0n) is 26.4. The number of aromatic nitrogens is 4. The summed E-state index contributed by atoms with van der Waals surface area (Å²) in [6.07, 6.45) is 7.70. The van der Waals surface area contributed by atoms with Gasteiger partial charge in [-0.3, -0.25) is 9.97 Å². The maximum atomic E-state index is 6.02. The SMILES string of the molecule is CO[Si](OC)(OC)c1ccc(COc2ccc(/C=C/c3ccnc(-c4cccc(-c5cccc(-c6ccccn6)n5)n4)c3)cc2)cc1. The predicted octanol–water partition coefficient (Wildman–Crippen LogP) is 7.10. The van der Waals surface area contributed by atoms with Crippen molar-refractivity contribution in [1.29, 1.82) is 0 Å². The lowest BCUT2D eigenvalue weighted by atomic mass is 10.1. The van der Waals surface area contributed by atoms with Gasteiger partial charge >= 0.3 is 8.80 Å². The largest absolute Gasteiger partial charge is 0.536 e. The number of pyridine rings is 4. The molecule has 0 N–H and O–H groups in total. The van der Waals surface area contributed by atoms with Gasteiger partial charge in [-0.2, -0.15) is 0 Å². The number of ether oxygens (including phenoxy) is 1. The van der Waals surface area contributed by atoms with E-state index in [0.717, 1.165) is 61.8 Å². The highest BCUT2D eigenvalue weighted by molar-refractivity contribution is 6.75. The van der Waals surface area contributed by atoms with Crippen LogP contribution in [0.5, 0.6) is 5.75 Å². The molecule has 0 saturated carbocycles. The van der Waals surface area contributed by atoms with Crippen LogP contribution < -0.4 is 9.92 Å². The van der Waals surface area contributed by atoms with Gasteiger partial charge in [-0.1, -0.05) is 66.7 Å². The van der Waals surface area contributed by atoms with Crippen LogP contribution in [0.1, 0.15) is 16.7 Å². The molecular formula is C38H34N4O4Si. The summed E-state index contributed by atoms with van der Waals surface area (Å²) in [6, 6.07) is 37.5. The van der Waals surface area contributed by atoms with Crippen LogP contribution in [0, 0.1) is 0 Å². The predicted molar refractivity (Wildman–Crippen MR) is 186 cm³/mol. The van der Waals surface area contributed by atoms with E-state index in [1.165, 1.54) is 0 Å². The molecule has 0 aliphatic heterocycles. The third kappa shape index (κ3) is 7.57. The Bertz CT molecular complexity index is 1940. The maximum absolute atomic E-state index is 6.02. The van der Waals surface area contributed by atoms with Crippen molar-refractivity contribution in [3.63, 3.8) is 0 Å². The van der Waals surface area contributed by atoms with E-state index in [2.05, 4.69) is 22.1 Å². The first-order valence-electron chi connectivity index (χ1n) is 15.1. The molecule has 0 saturated heterocycles. The molecule has 0 aliphatic rings. The van der Waals surface area contributed by atoms with Crippen LogP contribution in [0.2, 0.25) is 0 Å². The third-order valence-electron chi connectivity index (χ3n) is 7.60. The van der Waals surface area contributed by atoms with Crippen molar-refractivity contribution in [2.75, 3.05) is 21.3 Å². The van der Waals surface area contributed by atoms with Crippen LogP contribution in [0.4, 0.5) is 0 Å². The highest BCUT2D eigenvalue weighted by Gasteiger charge is 2.40. The summed E-state index contributed by atoms with van der Waals surface area (Å²) < 4.78 is 22.7. The van der Waals surface area contributed by atoms with Crippen LogP contribution in [0.3, 0.4) is 0 Å². The summed E-state index contributed by atoms with van der Waals surface area (Å²) in [6.45, 7) is 0.442. The smallest absolute Gasteiger partial charge is 0.489 e. The summed E-state index contributed by atoms with van der Waals surface area (Å²) in [4.78, 5) is 18.7. The van der Waals surface area contributed by atoms with Gasteiger partial charge in [-0.25, -0.2) is 9.97 Å². The van der Waals surface area contributed by atoms with Crippen molar-refractivity contribution in [2.24, 2.45) is 0 Å². The van der Waals surface area contributed by atoms with E-state index in [9.17, 15) is 0 Å². The molecule has 0 amide bonds. The van der Waals surface area contributed by atoms with Gasteiger partial charge in [0.15, 0.2) is 0 Å². The van der Waals surface area contributed by atoms with E-state index in [1.807, 2.05) is 115 Å². The second-order valence-corrected chi connectivity index (χ2v) is 13.5. The first-order valence-corrected chi connectivity index (χ1v) is 16.8. The highest BCUT2D eigenvalue weighted by Crippen LogP contribution is 2.24. The Morgan fingerprint density at radius 1 is 0.532 bits per heavy atom. The topological polar surface area (TPSA) is 88.5 Å². The van der Waals surface area contributed by atoms with Crippen LogP contribution in [0.15, 0.2) is 128 Å². The van der Waals surface area contributed by atoms with Crippen LogP contribution >= 0.6 is 0 Å². The van der Waals surface area contributed by atoms with Gasteiger partial charge in [0, 0.05) is 38.9 Å². The molecule has 0 unspecified atom stereocenters. The van der Waals surface area contributed by atoms with E-state index >= 15 is 0 Å². The van der Waals surface area contributed by atoms with Crippen LogP contribution in [-0.2, 0) is 19.9 Å². The van der Waals surface area contributed by atoms with Gasteiger partial charge in [-0.15, -0.1) is 0 Å². The molecule has 0 fully saturated rings. The molecular weight excluding hydrogens is 605 g/mol. The zero-order valence-corrected chi connectivity index (χ0v) is 27.4. The van der Waals surface area contributed by atoms with Gasteiger partial charge in [-0.05, 0) is 77.4 Å². The molecule has 0 spiro atoms. The van der Waals surface area contributed by atoms with E-state index in [4.69, 9.17) is 28.0 Å². The monoisotopic (exact) mass is 638 g/mol. The minimum Gasteiger partial charge on any atom is -0.489 e. The van der Waals surface area contributed by atoms with Gasteiger partial charge in [0.25, 0.3) is 0 Å². The molecule has 6 rings (SSSR count). The Morgan fingerprint density at radius 2 is 1.11 bits per heavy atom. The molecule has 0 bridgehead atoms. The van der Waals surface area contributed by atoms with Crippen LogP contribution in [-0.4, -0.2) is 50.1 Å². The molecule has 6 aromatic rings. The van der Waals surface area contributed by atoms with Crippen molar-refractivity contribution in [2.45, 2.75) is 6.61 Å². The summed E-state index contributed by atoms with van der Waals surface area (Å²) in [5.41, 5.74) is 7.84. The Labute approximate surface area is 275 Å². The molecule has 0 radical (unpaired) electrons. The zero-order chi connectivity index (χ0) is 32.5. The average molecular weight is 639 g/mol. The van der Waals surface area contributed by atoms with Crippen molar-refractivity contribution in [1.82, 2.24) is 19.9 Å². The number of hydrogen-bond donors (Lipinski definition) is 0. The Hall–Kier alpha value is -5.32. The van der Waals surface area contributed by atoms with Gasteiger partial charge in [0.2, 0.25) is 0 Å². The fourth-order valence-corrected chi connectivity index (χ4v) is 6.87. The quantitative estimate of drug-likeness (QED) is 0.131. The first kappa shape index (κ1) is 31.7. The van der Waals surface area contributed by atoms with Crippen molar-refractivity contribution in [3.05, 3.63) is 144 Å². The normalized spacial score (nSPS) is 11.6. The summed E-state index contributed by atoms with van der Waals surface area (Å²) in [7, 11) is 1.96. The van der Waals surface area contributed by atoms with E-state index in [-0.39, 0.29) is 0 Å². The van der Waals surface area contributed by atoms with Gasteiger partial charge < -0.3 is 18.0 Å². The fourth-order valence-electron chi connectivity index (χ4n) is 5.09. The minimum absolute atomic E-state index is 0.442. The fraction of sp³-hybridized carbons (Fsp3) is 0.105. The summed E-state index contributed by atoms with van der Waals surface area (Å²) in [5.74, 6) is 0.790. The Kier molecular flexibility index (Phi) is 10.00. The Morgan fingerprint density at radius 3 is 1.72 bits per heavy atom. The second kappa shape index (κ2) is 14.8. The molecule has 8 nitrogen and oxygen atoms in total. The van der Waals surface area contributed by atoms with E-state index in [1.54, 1.807) is 33.7 Å². The maximum Gasteiger partial charge on any atom is 0.536 e. The first-order chi connectivity index (χ1) is 23.1. The summed E-state index contributed by atoms with van der Waals surface area (Å²) in [5, 5.41) is 0.899. The number of nitrogens with zero attached hydrogens (tertiary/aromatic N) is 4. The molecule has 0 aliphatic carbocycles. The molecule has 4 heterocycles. The van der Waals surface area contributed by atoms with Crippen molar-refractivity contribution >= 4 is 26.1 Å².